The summed E-state index contributed by atoms with van der Waals surface area (Å²) in [6, 6.07) is 0. The predicted octanol–water partition coefficient (Wildman–Crippen LogP) is 1.38. The van der Waals surface area contributed by atoms with Crippen LogP contribution < -0.4 is 0 Å². The van der Waals surface area contributed by atoms with E-state index in [1.165, 1.54) is 5.56 Å². The van der Waals surface area contributed by atoms with Gasteiger partial charge in [-0.1, -0.05) is 6.92 Å². The summed E-state index contributed by atoms with van der Waals surface area (Å²) < 4.78 is 1.81. The summed E-state index contributed by atoms with van der Waals surface area (Å²) in [5.41, 5.74) is 1.21. The van der Waals surface area contributed by atoms with Gasteiger partial charge >= 0.3 is 0 Å². The third kappa shape index (κ3) is 1.56. The SMILES string of the molecule is CC[CH]c1cnn(C)c1. The molecule has 0 aromatic carbocycles. The number of aromatic nitrogens is 2. The molecule has 0 atom stereocenters. The Kier molecular flexibility index (Phi) is 1.88. The van der Waals surface area contributed by atoms with Crippen LogP contribution in [0.3, 0.4) is 0 Å². The van der Waals surface area contributed by atoms with Gasteiger partial charge in [-0.2, -0.15) is 5.10 Å². The van der Waals surface area contributed by atoms with Gasteiger partial charge in [0.25, 0.3) is 0 Å². The second-order valence-corrected chi connectivity index (χ2v) is 2.06. The number of nitrogens with zero attached hydrogens (tertiary/aromatic N) is 2. The maximum atomic E-state index is 4.02. The molecule has 1 aromatic rings. The number of hydrogen-bond donors (Lipinski definition) is 0. The Morgan fingerprint density at radius 3 is 3.00 bits per heavy atom. The van der Waals surface area contributed by atoms with Gasteiger partial charge in [-0.3, -0.25) is 4.68 Å². The first kappa shape index (κ1) is 6.33. The Bertz CT molecular complexity index is 179. The maximum Gasteiger partial charge on any atom is 0.0524 e. The molecule has 0 bridgehead atoms. The molecule has 0 fully saturated rings. The third-order valence-electron chi connectivity index (χ3n) is 1.16. The van der Waals surface area contributed by atoms with E-state index in [-0.39, 0.29) is 0 Å². The normalized spacial score (nSPS) is 10.0. The van der Waals surface area contributed by atoms with E-state index in [1.807, 2.05) is 24.1 Å². The van der Waals surface area contributed by atoms with Crippen LogP contribution in [-0.4, -0.2) is 9.78 Å². The fourth-order valence-corrected chi connectivity index (χ4v) is 0.781. The zero-order chi connectivity index (χ0) is 6.69. The summed E-state index contributed by atoms with van der Waals surface area (Å²) in [6.07, 6.45) is 7.09. The highest BCUT2D eigenvalue weighted by atomic mass is 15.2. The quantitative estimate of drug-likeness (QED) is 0.581. The lowest BCUT2D eigenvalue weighted by molar-refractivity contribution is 0.767. The molecule has 0 spiro atoms. The summed E-state index contributed by atoms with van der Waals surface area (Å²) in [5.74, 6) is 0. The Balaban J connectivity index is 2.61. The topological polar surface area (TPSA) is 17.8 Å². The highest BCUT2D eigenvalue weighted by Crippen LogP contribution is 2.01. The van der Waals surface area contributed by atoms with Gasteiger partial charge in [0, 0.05) is 13.2 Å². The summed E-state index contributed by atoms with van der Waals surface area (Å²) >= 11 is 0. The molecule has 1 radical (unpaired) electrons. The lowest BCUT2D eigenvalue weighted by Gasteiger charge is -1.85. The minimum Gasteiger partial charge on any atom is -0.276 e. The fraction of sp³-hybridized carbons (Fsp3) is 0.429. The molecule has 2 nitrogen and oxygen atoms in total. The van der Waals surface area contributed by atoms with Crippen molar-refractivity contribution in [1.82, 2.24) is 9.78 Å². The van der Waals surface area contributed by atoms with Gasteiger partial charge in [-0.25, -0.2) is 0 Å². The van der Waals surface area contributed by atoms with E-state index in [4.69, 9.17) is 0 Å². The predicted molar refractivity (Wildman–Crippen MR) is 36.9 cm³/mol. The molecule has 1 aromatic heterocycles. The number of rotatable bonds is 2. The molecule has 0 aliphatic rings. The standard InChI is InChI=1S/C7H11N2/c1-3-4-7-5-8-9(2)6-7/h4-6H,3H2,1-2H3. The molecular formula is C7H11N2. The summed E-state index contributed by atoms with van der Waals surface area (Å²) in [4.78, 5) is 0. The average molecular weight is 123 g/mol. The maximum absolute atomic E-state index is 4.02. The lowest BCUT2D eigenvalue weighted by Crippen LogP contribution is -1.84. The van der Waals surface area contributed by atoms with E-state index < -0.39 is 0 Å². The Morgan fingerprint density at radius 1 is 1.78 bits per heavy atom. The zero-order valence-corrected chi connectivity index (χ0v) is 5.83. The first-order valence-electron chi connectivity index (χ1n) is 3.14. The molecule has 0 aliphatic heterocycles. The van der Waals surface area contributed by atoms with Crippen LogP contribution in [0.15, 0.2) is 12.4 Å². The van der Waals surface area contributed by atoms with Crippen molar-refractivity contribution in [2.75, 3.05) is 0 Å². The molecule has 1 heterocycles. The molecule has 49 valence electrons. The first-order chi connectivity index (χ1) is 4.33. The largest absolute Gasteiger partial charge is 0.276 e. The molecule has 2 heteroatoms. The van der Waals surface area contributed by atoms with Crippen molar-refractivity contribution in [1.29, 1.82) is 0 Å². The Hall–Kier alpha value is -0.790. The van der Waals surface area contributed by atoms with Gasteiger partial charge in [0.1, 0.15) is 0 Å². The van der Waals surface area contributed by atoms with Crippen LogP contribution in [0.25, 0.3) is 0 Å². The van der Waals surface area contributed by atoms with Crippen LogP contribution in [0.4, 0.5) is 0 Å². The average Bonchev–Trinajstić information content (AvgIpc) is 2.17. The van der Waals surface area contributed by atoms with Crippen LogP contribution >= 0.6 is 0 Å². The molecule has 9 heavy (non-hydrogen) atoms. The van der Waals surface area contributed by atoms with E-state index in [2.05, 4.69) is 18.4 Å². The second kappa shape index (κ2) is 2.67. The molecule has 0 amide bonds. The summed E-state index contributed by atoms with van der Waals surface area (Å²) in [5, 5.41) is 4.02. The van der Waals surface area contributed by atoms with Crippen LogP contribution in [0, 0.1) is 6.42 Å². The first-order valence-corrected chi connectivity index (χ1v) is 3.14. The highest BCUT2D eigenvalue weighted by Gasteiger charge is 1.91. The van der Waals surface area contributed by atoms with Crippen molar-refractivity contribution in [2.45, 2.75) is 13.3 Å². The summed E-state index contributed by atoms with van der Waals surface area (Å²) in [6.45, 7) is 2.12. The van der Waals surface area contributed by atoms with E-state index in [9.17, 15) is 0 Å². The van der Waals surface area contributed by atoms with Crippen molar-refractivity contribution in [2.24, 2.45) is 7.05 Å². The third-order valence-corrected chi connectivity index (χ3v) is 1.16. The van der Waals surface area contributed by atoms with Gasteiger partial charge in [-0.15, -0.1) is 0 Å². The van der Waals surface area contributed by atoms with E-state index in [0.717, 1.165) is 6.42 Å². The van der Waals surface area contributed by atoms with Crippen molar-refractivity contribution in [3.63, 3.8) is 0 Å². The molecule has 0 N–H and O–H groups in total. The number of aryl methyl sites for hydroxylation is 1. The van der Waals surface area contributed by atoms with Crippen LogP contribution in [0.1, 0.15) is 18.9 Å². The van der Waals surface area contributed by atoms with Crippen LogP contribution in [0.5, 0.6) is 0 Å². The van der Waals surface area contributed by atoms with Crippen molar-refractivity contribution in [3.05, 3.63) is 24.4 Å². The minimum atomic E-state index is 1.08. The van der Waals surface area contributed by atoms with E-state index >= 15 is 0 Å². The Morgan fingerprint density at radius 2 is 2.56 bits per heavy atom. The van der Waals surface area contributed by atoms with Gasteiger partial charge in [0.15, 0.2) is 0 Å². The Labute approximate surface area is 55.5 Å². The van der Waals surface area contributed by atoms with Crippen LogP contribution in [-0.2, 0) is 7.05 Å². The fourth-order valence-electron chi connectivity index (χ4n) is 0.781. The molecule has 1 rings (SSSR count). The smallest absolute Gasteiger partial charge is 0.0524 e. The van der Waals surface area contributed by atoms with Crippen LogP contribution in [0.2, 0.25) is 0 Å². The van der Waals surface area contributed by atoms with Crippen molar-refractivity contribution >= 4 is 0 Å². The zero-order valence-electron chi connectivity index (χ0n) is 5.83. The minimum absolute atomic E-state index is 1.08. The second-order valence-electron chi connectivity index (χ2n) is 2.06. The highest BCUT2D eigenvalue weighted by molar-refractivity contribution is 5.13. The van der Waals surface area contributed by atoms with Gasteiger partial charge < -0.3 is 0 Å². The van der Waals surface area contributed by atoms with Crippen molar-refractivity contribution in [3.8, 4) is 0 Å². The van der Waals surface area contributed by atoms with Gasteiger partial charge in [0.2, 0.25) is 0 Å². The monoisotopic (exact) mass is 123 g/mol. The number of hydrogen-bond acceptors (Lipinski definition) is 1. The molecule has 0 unspecified atom stereocenters. The van der Waals surface area contributed by atoms with Gasteiger partial charge in [0.05, 0.1) is 6.20 Å². The molecule has 0 saturated carbocycles. The van der Waals surface area contributed by atoms with E-state index in [1.54, 1.807) is 0 Å². The van der Waals surface area contributed by atoms with Crippen molar-refractivity contribution < 1.29 is 0 Å². The molecular weight excluding hydrogens is 112 g/mol. The summed E-state index contributed by atoms with van der Waals surface area (Å²) in [7, 11) is 1.92. The van der Waals surface area contributed by atoms with E-state index in [0.29, 0.717) is 0 Å². The molecule has 0 saturated heterocycles. The van der Waals surface area contributed by atoms with Gasteiger partial charge in [-0.05, 0) is 18.4 Å². The molecule has 0 aliphatic carbocycles. The lowest BCUT2D eigenvalue weighted by atomic mass is 10.2.